The Balaban J connectivity index is 1.25. The Bertz CT molecular complexity index is 2940. The lowest BCUT2D eigenvalue weighted by molar-refractivity contribution is -0.319. The average Bonchev–Trinajstić information content (AvgIpc) is 4.24. The lowest BCUT2D eigenvalue weighted by Gasteiger charge is -2.50. The van der Waals surface area contributed by atoms with Crippen molar-refractivity contribution in [2.75, 3.05) is 27.8 Å². The number of cyclic esters (lactones) is 1. The van der Waals surface area contributed by atoms with Crippen LogP contribution in [-0.4, -0.2) is 152 Å². The Morgan fingerprint density at radius 2 is 1.45 bits per heavy atom. The van der Waals surface area contributed by atoms with Gasteiger partial charge in [0.05, 0.1) is 74.6 Å². The van der Waals surface area contributed by atoms with Crippen molar-refractivity contribution in [3.63, 3.8) is 0 Å². The van der Waals surface area contributed by atoms with Gasteiger partial charge in [-0.05, 0) is 123 Å². The zero-order valence-electron chi connectivity index (χ0n) is 49.9. The summed E-state index contributed by atoms with van der Waals surface area (Å²) in [7, 11) is 5.32. The highest BCUT2D eigenvalue weighted by atomic mass is 32.1. The molecular weight excluding hydrogens is 1080 g/mol. The number of ether oxygens (including phenoxy) is 10. The van der Waals surface area contributed by atoms with Gasteiger partial charge >= 0.3 is 24.0 Å². The van der Waals surface area contributed by atoms with E-state index in [-0.39, 0.29) is 31.7 Å². The molecule has 0 spiro atoms. The van der Waals surface area contributed by atoms with E-state index in [9.17, 15) is 14.4 Å². The molecule has 4 aliphatic heterocycles. The van der Waals surface area contributed by atoms with Crippen LogP contribution >= 0.6 is 11.3 Å². The van der Waals surface area contributed by atoms with Crippen LogP contribution in [0.2, 0.25) is 0 Å². The minimum Gasteiger partial charge on any atom is -0.458 e. The number of benzene rings is 2. The number of aromatic nitrogens is 1. The molecule has 0 bridgehead atoms. The molecule has 4 aliphatic rings. The molecule has 0 radical (unpaired) electrons. The molecular formula is C64H81N3O15S. The normalized spacial score (nSPS) is 35.1. The van der Waals surface area contributed by atoms with Crippen LogP contribution < -0.4 is 5.32 Å². The predicted molar refractivity (Wildman–Crippen MR) is 309 cm³/mol. The maximum Gasteiger partial charge on any atom is 0.408 e. The van der Waals surface area contributed by atoms with E-state index in [1.54, 1.807) is 88.5 Å². The van der Waals surface area contributed by atoms with Crippen molar-refractivity contribution in [1.29, 1.82) is 0 Å². The van der Waals surface area contributed by atoms with Crippen LogP contribution in [0.3, 0.4) is 0 Å². The number of hydrogen-bond donors (Lipinski definition) is 1. The zero-order chi connectivity index (χ0) is 60.0. The molecule has 4 fully saturated rings. The number of pyridine rings is 1. The number of nitrogens with zero attached hydrogens (tertiary/aromatic N) is 2. The summed E-state index contributed by atoms with van der Waals surface area (Å²) in [5.41, 5.74) is -2.67. The lowest BCUT2D eigenvalue weighted by atomic mass is 9.73. The third-order valence-electron chi connectivity index (χ3n) is 17.1. The van der Waals surface area contributed by atoms with Crippen LogP contribution in [0, 0.1) is 35.5 Å². The van der Waals surface area contributed by atoms with Crippen molar-refractivity contribution < 1.29 is 71.3 Å². The van der Waals surface area contributed by atoms with Crippen molar-refractivity contribution in [3.05, 3.63) is 113 Å². The van der Waals surface area contributed by atoms with Gasteiger partial charge in [-0.25, -0.2) is 14.4 Å². The summed E-state index contributed by atoms with van der Waals surface area (Å²) in [6.45, 7) is 17.8. The number of alkyl carbamates (subject to hydrolysis) is 1. The van der Waals surface area contributed by atoms with E-state index in [4.69, 9.17) is 47.4 Å². The van der Waals surface area contributed by atoms with E-state index in [0.29, 0.717) is 17.5 Å². The van der Waals surface area contributed by atoms with E-state index >= 15 is 9.59 Å². The van der Waals surface area contributed by atoms with Gasteiger partial charge in [-0.1, -0.05) is 82.0 Å². The van der Waals surface area contributed by atoms with Gasteiger partial charge in [-0.15, -0.1) is 11.3 Å². The number of fused-ring (bicyclic) bond motifs is 1. The highest BCUT2D eigenvalue weighted by Gasteiger charge is 2.59. The second kappa shape index (κ2) is 26.9. The number of likely N-dealkylation sites (N-methyl/N-ethyl adjacent to an activating group) is 1. The van der Waals surface area contributed by atoms with Crippen molar-refractivity contribution in [2.45, 2.75) is 179 Å². The maximum absolute atomic E-state index is 15.2. The molecule has 0 saturated carbocycles. The maximum atomic E-state index is 15.2. The van der Waals surface area contributed by atoms with Crippen molar-refractivity contribution >= 4 is 41.1 Å². The number of ketones is 1. The fraction of sp³-hybridized carbons (Fsp3) is 0.562. The molecule has 8 rings (SSSR count). The molecule has 4 aromatic rings. The first kappa shape index (κ1) is 63.0. The molecule has 18 nitrogen and oxygen atoms in total. The fourth-order valence-corrected chi connectivity index (χ4v) is 13.4. The Morgan fingerprint density at radius 3 is 2.07 bits per heavy atom. The van der Waals surface area contributed by atoms with Crippen LogP contribution in [0.15, 0.2) is 97.2 Å². The monoisotopic (exact) mass is 1160 g/mol. The number of nitrogens with one attached hydrogen (secondary N) is 1. The summed E-state index contributed by atoms with van der Waals surface area (Å²) < 4.78 is 66.6. The molecule has 2 aromatic heterocycles. The molecule has 448 valence electrons. The van der Waals surface area contributed by atoms with E-state index < -0.39 is 132 Å². The van der Waals surface area contributed by atoms with Gasteiger partial charge in [0.1, 0.15) is 24.1 Å². The summed E-state index contributed by atoms with van der Waals surface area (Å²) in [5, 5.41) is 2.89. The minimum absolute atomic E-state index is 0.0116. The lowest BCUT2D eigenvalue weighted by Crippen LogP contribution is -2.62. The molecule has 2 aromatic carbocycles. The van der Waals surface area contributed by atoms with Crippen molar-refractivity contribution in [2.24, 2.45) is 23.7 Å². The number of amides is 1. The highest BCUT2D eigenvalue weighted by molar-refractivity contribution is 7.16. The van der Waals surface area contributed by atoms with Gasteiger partial charge in [0, 0.05) is 37.5 Å². The number of rotatable bonds is 14. The number of carbonyl (C=O) groups excluding carboxylic acids is 5. The number of methoxy groups -OCH3 is 1. The van der Waals surface area contributed by atoms with Crippen LogP contribution in [0.25, 0.3) is 10.6 Å². The third-order valence-corrected chi connectivity index (χ3v) is 18.1. The summed E-state index contributed by atoms with van der Waals surface area (Å²) >= 11 is 1.48. The number of hydrogen-bond acceptors (Lipinski definition) is 18. The molecule has 6 heterocycles. The van der Waals surface area contributed by atoms with E-state index in [0.717, 1.165) is 15.4 Å². The standard InChI is InChI=1S/C64H81N3O15S/c1-14-49-64(10)54(66-61(72)82-64)39(4)51(68)37(2)35-63(9,74-33-23-28-45-30-31-48(83-45)46-29-21-22-32-65-46)55(81-60-53(47(67(11)12)34-38(3)75-60)79-58(70)43-24-17-15-18-25-43)40(5)52(41(6)57(69)77-49)78-50-36-62(8,73-13)56(42(7)76-50)80-59(71)44-26-19-16-20-27-44/h15-22,24-27,29-32,37-42,47,49-50,52-56,60H,14,33-36H2,1-13H3,(H,66,72)/t37-,38-,39-,40+,41-,42+,47+,49+,50+,52+,53-,54-,55-,56+,60+,62-,63+,64+/m1/s1. The molecule has 19 heteroatoms. The van der Waals surface area contributed by atoms with Crippen LogP contribution in [0.5, 0.6) is 0 Å². The van der Waals surface area contributed by atoms with E-state index in [1.165, 1.54) is 18.4 Å². The van der Waals surface area contributed by atoms with Gasteiger partial charge in [0.2, 0.25) is 0 Å². The molecule has 1 amide bonds. The number of Topliss-reactive ketones (excluding diaryl/α,β-unsaturated/α-hetero) is 1. The minimum atomic E-state index is -1.51. The summed E-state index contributed by atoms with van der Waals surface area (Å²) in [6.07, 6.45) is -7.15. The first-order chi connectivity index (χ1) is 39.5. The smallest absolute Gasteiger partial charge is 0.408 e. The highest BCUT2D eigenvalue weighted by Crippen LogP contribution is 2.44. The third kappa shape index (κ3) is 14.2. The Hall–Kier alpha value is -6.08. The first-order valence-electron chi connectivity index (χ1n) is 28.7. The average molecular weight is 1160 g/mol. The van der Waals surface area contributed by atoms with Gasteiger partial charge < -0.3 is 57.6 Å². The number of carbonyl (C=O) groups is 5. The van der Waals surface area contributed by atoms with Gasteiger partial charge in [0.15, 0.2) is 30.4 Å². The molecule has 4 saturated heterocycles. The Kier molecular flexibility index (Phi) is 20.4. The number of thiophene rings is 1. The second-order valence-electron chi connectivity index (χ2n) is 23.4. The Morgan fingerprint density at radius 1 is 0.783 bits per heavy atom. The predicted octanol–water partition coefficient (Wildman–Crippen LogP) is 9.47. The molecule has 0 aliphatic carbocycles. The van der Waals surface area contributed by atoms with Gasteiger partial charge in [0.25, 0.3) is 0 Å². The van der Waals surface area contributed by atoms with Gasteiger partial charge in [-0.3, -0.25) is 14.6 Å². The largest absolute Gasteiger partial charge is 0.458 e. The van der Waals surface area contributed by atoms with Crippen LogP contribution in [0.1, 0.15) is 121 Å². The van der Waals surface area contributed by atoms with Crippen molar-refractivity contribution in [1.82, 2.24) is 15.2 Å². The topological polar surface area (TPSA) is 206 Å². The molecule has 18 atom stereocenters. The van der Waals surface area contributed by atoms with E-state index in [2.05, 4.69) is 22.1 Å². The fourth-order valence-electron chi connectivity index (χ4n) is 12.5. The van der Waals surface area contributed by atoms with Crippen molar-refractivity contribution in [3.8, 4) is 22.4 Å². The zero-order valence-corrected chi connectivity index (χ0v) is 50.7. The second-order valence-corrected chi connectivity index (χ2v) is 24.5. The summed E-state index contributed by atoms with van der Waals surface area (Å²) in [5.74, 6) is 0.743. The molecule has 83 heavy (non-hydrogen) atoms. The van der Waals surface area contributed by atoms with Crippen LogP contribution in [-0.2, 0) is 57.0 Å². The van der Waals surface area contributed by atoms with Gasteiger partial charge in [-0.2, -0.15) is 0 Å². The molecule has 0 unspecified atom stereocenters. The number of esters is 3. The Labute approximate surface area is 491 Å². The van der Waals surface area contributed by atoms with E-state index in [1.807, 2.05) is 96.9 Å². The summed E-state index contributed by atoms with van der Waals surface area (Å²) in [6, 6.07) is 25.6. The SMILES string of the molecule is CC[C@@H]1OC(=O)[C@H](C)[C@@H](O[C@H]2C[C@@](C)(OC)[C@@H](OC(=O)c3ccccc3)[C@H](C)O2)[C@H](C)[C@@H](O[C@@H]2O[C@H](C)C[C@H](N(C)C)[C@H]2OC(=O)c2ccccc2)[C@@](C)(OCC#Cc2ccc(-c3ccccn3)s2)C[C@@H](C)C(=O)[C@@H](C)[C@H]2NC(=O)O[C@@]12C. The van der Waals surface area contributed by atoms with Crippen LogP contribution in [0.4, 0.5) is 4.79 Å². The molecule has 1 N–H and O–H groups in total. The first-order valence-corrected chi connectivity index (χ1v) is 29.5. The summed E-state index contributed by atoms with van der Waals surface area (Å²) in [4.78, 5) is 79.7. The quantitative estimate of drug-likeness (QED) is 0.0709.